The number of aryl methyl sites for hydroxylation is 2. The van der Waals surface area contributed by atoms with E-state index in [1.165, 1.54) is 16.7 Å². The first-order valence-corrected chi connectivity index (χ1v) is 11.2. The fourth-order valence-corrected chi connectivity index (χ4v) is 5.03. The number of anilines is 1. The fraction of sp³-hybridized carbons (Fsp3) is 0.269. The van der Waals surface area contributed by atoms with E-state index in [1.54, 1.807) is 0 Å². The zero-order valence-electron chi connectivity index (χ0n) is 17.7. The molecule has 4 unspecified atom stereocenters. The Hall–Kier alpha value is -2.66. The Bertz CT molecular complexity index is 1080. The molecule has 2 aliphatic rings. The predicted molar refractivity (Wildman–Crippen MR) is 125 cm³/mol. The van der Waals surface area contributed by atoms with Gasteiger partial charge in [-0.25, -0.2) is 10.9 Å². The molecule has 4 atom stereocenters. The molecule has 158 valence electrons. The summed E-state index contributed by atoms with van der Waals surface area (Å²) in [4.78, 5) is 15.5. The monoisotopic (exact) mass is 431 g/mol. The van der Waals surface area contributed by atoms with Gasteiger partial charge in [0.15, 0.2) is 0 Å². The van der Waals surface area contributed by atoms with E-state index < -0.39 is 0 Å². The molecule has 2 fully saturated rings. The third kappa shape index (κ3) is 3.55. The maximum absolute atomic E-state index is 13.6. The number of rotatable bonds is 4. The lowest BCUT2D eigenvalue weighted by Crippen LogP contribution is -2.41. The van der Waals surface area contributed by atoms with Crippen LogP contribution >= 0.6 is 11.6 Å². The topological polar surface area (TPSA) is 44.4 Å². The van der Waals surface area contributed by atoms with Crippen molar-refractivity contribution in [1.29, 1.82) is 0 Å². The van der Waals surface area contributed by atoms with Crippen molar-refractivity contribution in [3.8, 4) is 0 Å². The van der Waals surface area contributed by atoms with Crippen LogP contribution in [0.3, 0.4) is 0 Å². The minimum atomic E-state index is -0.294. The van der Waals surface area contributed by atoms with Crippen molar-refractivity contribution in [3.05, 3.63) is 100 Å². The number of carbonyl (C=O) groups excluding carboxylic acids is 1. The van der Waals surface area contributed by atoms with Crippen molar-refractivity contribution < 1.29 is 4.79 Å². The summed E-state index contributed by atoms with van der Waals surface area (Å²) < 4.78 is 0. The Morgan fingerprint density at radius 3 is 2.10 bits per heavy atom. The molecule has 0 saturated carbocycles. The number of hydrazine groups is 1. The van der Waals surface area contributed by atoms with Gasteiger partial charge >= 0.3 is 0 Å². The van der Waals surface area contributed by atoms with Crippen LogP contribution in [0.1, 0.15) is 41.3 Å². The van der Waals surface area contributed by atoms with Gasteiger partial charge in [0.2, 0.25) is 5.91 Å². The van der Waals surface area contributed by atoms with E-state index in [9.17, 15) is 4.79 Å². The van der Waals surface area contributed by atoms with Crippen LogP contribution in [0.15, 0.2) is 72.8 Å². The summed E-state index contributed by atoms with van der Waals surface area (Å²) in [6.07, 6.45) is 0.992. The minimum absolute atomic E-state index is 0.0303. The van der Waals surface area contributed by atoms with E-state index >= 15 is 0 Å². The van der Waals surface area contributed by atoms with Crippen LogP contribution in [-0.4, -0.2) is 11.9 Å². The summed E-state index contributed by atoms with van der Waals surface area (Å²) in [7, 11) is 0. The number of nitrogens with zero attached hydrogens (tertiary/aromatic N) is 1. The van der Waals surface area contributed by atoms with E-state index in [0.717, 1.165) is 17.7 Å². The Morgan fingerprint density at radius 2 is 1.45 bits per heavy atom. The average Bonchev–Trinajstić information content (AvgIpc) is 3.34. The van der Waals surface area contributed by atoms with Crippen molar-refractivity contribution in [1.82, 2.24) is 10.9 Å². The van der Waals surface area contributed by atoms with E-state index in [4.69, 9.17) is 11.6 Å². The van der Waals surface area contributed by atoms with Gasteiger partial charge in [0.25, 0.3) is 0 Å². The summed E-state index contributed by atoms with van der Waals surface area (Å²) >= 11 is 6.13. The lowest BCUT2D eigenvalue weighted by atomic mass is 9.83. The standard InChI is InChI=1S/C26H26ClN3O/c1-3-17-6-10-19(11-7-17)25-22-23(18-8-4-16(2)5-9-18)28-29-24(22)26(31)30(25)21-14-12-20(27)13-15-21/h4-15,22-25,28-29H,3H2,1-2H3. The Kier molecular flexibility index (Phi) is 5.30. The third-order valence-electron chi connectivity index (χ3n) is 6.58. The second-order valence-electron chi connectivity index (χ2n) is 8.46. The van der Waals surface area contributed by atoms with Gasteiger partial charge in [0, 0.05) is 16.6 Å². The molecular weight excluding hydrogens is 406 g/mol. The molecule has 1 amide bonds. The molecule has 0 spiro atoms. The highest BCUT2D eigenvalue weighted by molar-refractivity contribution is 6.30. The highest BCUT2D eigenvalue weighted by atomic mass is 35.5. The van der Waals surface area contributed by atoms with E-state index in [0.29, 0.717) is 5.02 Å². The van der Waals surface area contributed by atoms with Gasteiger partial charge in [-0.15, -0.1) is 0 Å². The van der Waals surface area contributed by atoms with Gasteiger partial charge in [-0.1, -0.05) is 72.6 Å². The Balaban J connectivity index is 1.61. The van der Waals surface area contributed by atoms with Crippen LogP contribution < -0.4 is 15.8 Å². The third-order valence-corrected chi connectivity index (χ3v) is 6.83. The summed E-state index contributed by atoms with van der Waals surface area (Å²) in [6.45, 7) is 4.24. The number of halogens is 1. The van der Waals surface area contributed by atoms with Gasteiger partial charge in [0.05, 0.1) is 12.1 Å². The zero-order chi connectivity index (χ0) is 21.5. The number of carbonyl (C=O) groups is 1. The molecule has 5 rings (SSSR count). The molecule has 0 radical (unpaired) electrons. The number of fused-ring (bicyclic) bond motifs is 1. The van der Waals surface area contributed by atoms with Gasteiger partial charge in [-0.2, -0.15) is 0 Å². The molecule has 4 nitrogen and oxygen atoms in total. The second-order valence-corrected chi connectivity index (χ2v) is 8.89. The second kappa shape index (κ2) is 8.12. The number of hydrogen-bond acceptors (Lipinski definition) is 3. The fourth-order valence-electron chi connectivity index (χ4n) is 4.91. The lowest BCUT2D eigenvalue weighted by Gasteiger charge is -2.31. The molecule has 0 aromatic heterocycles. The Morgan fingerprint density at radius 1 is 0.839 bits per heavy atom. The maximum Gasteiger partial charge on any atom is 0.246 e. The summed E-state index contributed by atoms with van der Waals surface area (Å²) in [5, 5.41) is 0.664. The summed E-state index contributed by atoms with van der Waals surface area (Å²) in [5.74, 6) is 0.136. The van der Waals surface area contributed by atoms with Gasteiger partial charge in [0.1, 0.15) is 6.04 Å². The van der Waals surface area contributed by atoms with Crippen molar-refractivity contribution in [2.45, 2.75) is 38.4 Å². The molecule has 2 aliphatic heterocycles. The predicted octanol–water partition coefficient (Wildman–Crippen LogP) is 5.13. The van der Waals surface area contributed by atoms with Crippen molar-refractivity contribution >= 4 is 23.2 Å². The first-order chi connectivity index (χ1) is 15.1. The number of amides is 1. The van der Waals surface area contributed by atoms with Crippen LogP contribution in [-0.2, 0) is 11.2 Å². The van der Waals surface area contributed by atoms with Gasteiger partial charge in [-0.05, 0) is 54.3 Å². The number of nitrogens with one attached hydrogen (secondary N) is 2. The van der Waals surface area contributed by atoms with Crippen LogP contribution in [0.25, 0.3) is 0 Å². The van der Waals surface area contributed by atoms with Crippen LogP contribution in [0.2, 0.25) is 5.02 Å². The van der Waals surface area contributed by atoms with Crippen molar-refractivity contribution in [3.63, 3.8) is 0 Å². The number of benzene rings is 3. The normalized spacial score (nSPS) is 25.1. The largest absolute Gasteiger partial charge is 0.303 e. The van der Waals surface area contributed by atoms with Crippen LogP contribution in [0.4, 0.5) is 5.69 Å². The molecule has 2 heterocycles. The first kappa shape index (κ1) is 20.3. The Labute approximate surface area is 188 Å². The highest BCUT2D eigenvalue weighted by Crippen LogP contribution is 2.49. The first-order valence-electron chi connectivity index (χ1n) is 10.8. The van der Waals surface area contributed by atoms with E-state index in [1.807, 2.05) is 29.2 Å². The molecular formula is C26H26ClN3O. The highest BCUT2D eigenvalue weighted by Gasteiger charge is 2.55. The summed E-state index contributed by atoms with van der Waals surface area (Å²) in [5.41, 5.74) is 12.4. The molecule has 2 saturated heterocycles. The molecule has 0 aliphatic carbocycles. The lowest BCUT2D eigenvalue weighted by molar-refractivity contribution is -0.119. The van der Waals surface area contributed by atoms with Crippen molar-refractivity contribution in [2.24, 2.45) is 5.92 Å². The van der Waals surface area contributed by atoms with Gasteiger partial charge < -0.3 is 4.90 Å². The zero-order valence-corrected chi connectivity index (χ0v) is 18.4. The smallest absolute Gasteiger partial charge is 0.246 e. The SMILES string of the molecule is CCc1ccc(C2C3C(NNC3c3ccc(C)cc3)C(=O)N2c2ccc(Cl)cc2)cc1. The quantitative estimate of drug-likeness (QED) is 0.601. The number of hydrogen-bond donors (Lipinski definition) is 2. The molecule has 2 N–H and O–H groups in total. The molecule has 5 heteroatoms. The molecule has 3 aromatic carbocycles. The molecule has 31 heavy (non-hydrogen) atoms. The van der Waals surface area contributed by atoms with E-state index in [-0.39, 0.29) is 30.0 Å². The average molecular weight is 432 g/mol. The van der Waals surface area contributed by atoms with Crippen LogP contribution in [0, 0.1) is 12.8 Å². The molecule has 3 aromatic rings. The van der Waals surface area contributed by atoms with Crippen molar-refractivity contribution in [2.75, 3.05) is 4.90 Å². The summed E-state index contributed by atoms with van der Waals surface area (Å²) in [6, 6.07) is 24.5. The minimum Gasteiger partial charge on any atom is -0.303 e. The maximum atomic E-state index is 13.6. The van der Waals surface area contributed by atoms with Gasteiger partial charge in [-0.3, -0.25) is 4.79 Å². The van der Waals surface area contributed by atoms with Crippen LogP contribution in [0.5, 0.6) is 0 Å². The van der Waals surface area contributed by atoms with E-state index in [2.05, 4.69) is 73.2 Å². The molecule has 0 bridgehead atoms.